The average Bonchev–Trinajstić information content (AvgIpc) is 2.97. The Balaban J connectivity index is 1.94. The molecule has 1 fully saturated rings. The summed E-state index contributed by atoms with van der Waals surface area (Å²) < 4.78 is 28.3. The lowest BCUT2D eigenvalue weighted by Gasteiger charge is -2.39. The van der Waals surface area contributed by atoms with E-state index >= 15 is 0 Å². The minimum Gasteiger partial charge on any atom is -0.302 e. The van der Waals surface area contributed by atoms with E-state index in [2.05, 4.69) is 16.3 Å². The van der Waals surface area contributed by atoms with Crippen molar-refractivity contribution in [3.8, 4) is 17.3 Å². The second-order valence-electron chi connectivity index (χ2n) is 7.66. The molecule has 0 N–H and O–H groups in total. The highest BCUT2D eigenvalue weighted by molar-refractivity contribution is 5.67. The van der Waals surface area contributed by atoms with Gasteiger partial charge in [-0.25, -0.2) is 8.78 Å². The second kappa shape index (κ2) is 5.41. The van der Waals surface area contributed by atoms with Crippen molar-refractivity contribution in [2.24, 2.45) is 11.3 Å². The van der Waals surface area contributed by atoms with Crippen LogP contribution in [-0.4, -0.2) is 16.5 Å². The highest BCUT2D eigenvalue weighted by Gasteiger charge is 2.66. The highest BCUT2D eigenvalue weighted by Crippen LogP contribution is 2.69. The summed E-state index contributed by atoms with van der Waals surface area (Å²) in [6.45, 7) is 4.06. The molecule has 0 saturated heterocycles. The number of nitriles is 1. The maximum Gasteiger partial charge on any atom is 0.138 e. The first kappa shape index (κ1) is 16.8. The van der Waals surface area contributed by atoms with Crippen LogP contribution in [-0.2, 0) is 10.2 Å². The van der Waals surface area contributed by atoms with Crippen molar-refractivity contribution in [1.82, 2.24) is 10.2 Å². The van der Waals surface area contributed by atoms with Gasteiger partial charge >= 0.3 is 0 Å². The van der Waals surface area contributed by atoms with Gasteiger partial charge in [0.05, 0.1) is 23.0 Å². The third kappa shape index (κ3) is 1.83. The summed E-state index contributed by atoms with van der Waals surface area (Å²) in [6.07, 6.45) is 2.17. The number of rotatable bonds is 3. The third-order valence-electron chi connectivity index (χ3n) is 6.49. The van der Waals surface area contributed by atoms with E-state index in [1.807, 2.05) is 13.8 Å². The fraction of sp³-hybridized carbons (Fsp3) is 0.400. The van der Waals surface area contributed by atoms with Gasteiger partial charge in [-0.05, 0) is 47.9 Å². The largest absolute Gasteiger partial charge is 0.302 e. The Morgan fingerprint density at radius 3 is 2.62 bits per heavy atom. The van der Waals surface area contributed by atoms with Crippen LogP contribution in [0.25, 0.3) is 11.3 Å². The number of benzene rings is 1. The minimum atomic E-state index is -0.825. The van der Waals surface area contributed by atoms with Gasteiger partial charge in [-0.2, -0.15) is 15.5 Å². The number of hydrogen-bond acceptors (Lipinski definition) is 4. The van der Waals surface area contributed by atoms with Gasteiger partial charge in [0.1, 0.15) is 23.8 Å². The molecular weight excluding hydrogens is 336 g/mol. The highest BCUT2D eigenvalue weighted by atomic mass is 19.1. The lowest BCUT2D eigenvalue weighted by atomic mass is 9.62. The molecule has 4 nitrogen and oxygen atoms in total. The van der Waals surface area contributed by atoms with Crippen LogP contribution < -0.4 is 0 Å². The first-order valence-electron chi connectivity index (χ1n) is 8.56. The second-order valence-corrected chi connectivity index (χ2v) is 7.66. The molecule has 4 rings (SSSR count). The Hall–Kier alpha value is -2.68. The topological polar surface area (TPSA) is 66.6 Å². The zero-order valence-electron chi connectivity index (χ0n) is 14.5. The molecule has 1 heterocycles. The Morgan fingerprint density at radius 2 is 2.00 bits per heavy atom. The first-order valence-corrected chi connectivity index (χ1v) is 8.56. The third-order valence-corrected chi connectivity index (χ3v) is 6.49. The smallest absolute Gasteiger partial charge is 0.138 e. The first-order chi connectivity index (χ1) is 12.4. The predicted octanol–water partition coefficient (Wildman–Crippen LogP) is 3.92. The van der Waals surface area contributed by atoms with Crippen molar-refractivity contribution in [3.05, 3.63) is 47.2 Å². The summed E-state index contributed by atoms with van der Waals surface area (Å²) in [7, 11) is 0. The van der Waals surface area contributed by atoms with Gasteiger partial charge in [-0.1, -0.05) is 19.9 Å². The zero-order chi connectivity index (χ0) is 18.7. The van der Waals surface area contributed by atoms with Crippen LogP contribution in [0.2, 0.25) is 0 Å². The number of fused-ring (bicyclic) bond motifs is 5. The number of nitrogens with zero attached hydrogens (tertiary/aromatic N) is 3. The fourth-order valence-corrected chi connectivity index (χ4v) is 5.18. The molecule has 6 heteroatoms. The monoisotopic (exact) mass is 353 g/mol. The van der Waals surface area contributed by atoms with E-state index in [1.54, 1.807) is 6.07 Å². The van der Waals surface area contributed by atoms with Crippen molar-refractivity contribution in [2.75, 3.05) is 0 Å². The van der Waals surface area contributed by atoms with E-state index in [4.69, 9.17) is 0 Å². The number of halogens is 2. The molecule has 1 unspecified atom stereocenters. The molecule has 0 radical (unpaired) electrons. The molecule has 2 bridgehead atoms. The lowest BCUT2D eigenvalue weighted by Crippen LogP contribution is -2.43. The standard InChI is InChI=1S/C20H17F2N3O/c1-19(2)13-6-7-20(19,11(9-23)10-26)18-12(13)8-16(24-25-18)17-14(21)4-3-5-15(17)22/h3-5,8,10-11,13H,6-7H2,1-2H3/t11?,13-,20-/m0/s1. The number of carbonyl (C=O) groups excluding carboxylic acids is 1. The molecule has 26 heavy (non-hydrogen) atoms. The Kier molecular flexibility index (Phi) is 3.49. The predicted molar refractivity (Wildman–Crippen MR) is 90.0 cm³/mol. The molecule has 2 aliphatic rings. The van der Waals surface area contributed by atoms with Crippen molar-refractivity contribution < 1.29 is 13.6 Å². The SMILES string of the molecule is CC1(C)[C@H]2CC[C@]1(C(C#N)C=O)c1nnc(-c3c(F)cccc3F)cc12. The molecule has 0 aliphatic heterocycles. The molecule has 1 saturated carbocycles. The Labute approximate surface area is 149 Å². The van der Waals surface area contributed by atoms with Gasteiger partial charge in [0.15, 0.2) is 0 Å². The molecule has 1 aromatic heterocycles. The van der Waals surface area contributed by atoms with Gasteiger partial charge in [-0.3, -0.25) is 0 Å². The number of aldehydes is 1. The van der Waals surface area contributed by atoms with E-state index in [1.165, 1.54) is 18.2 Å². The van der Waals surface area contributed by atoms with Crippen LogP contribution in [0, 0.1) is 34.3 Å². The van der Waals surface area contributed by atoms with E-state index in [-0.39, 0.29) is 22.6 Å². The van der Waals surface area contributed by atoms with Crippen LogP contribution in [0.4, 0.5) is 8.78 Å². The van der Waals surface area contributed by atoms with Gasteiger partial charge in [-0.15, -0.1) is 0 Å². The Bertz CT molecular complexity index is 946. The van der Waals surface area contributed by atoms with Crippen LogP contribution >= 0.6 is 0 Å². The van der Waals surface area contributed by atoms with E-state index in [9.17, 15) is 18.8 Å². The maximum absolute atomic E-state index is 14.1. The summed E-state index contributed by atoms with van der Waals surface area (Å²) >= 11 is 0. The molecule has 132 valence electrons. The van der Waals surface area contributed by atoms with E-state index < -0.39 is 23.0 Å². The van der Waals surface area contributed by atoms with Crippen molar-refractivity contribution >= 4 is 6.29 Å². The van der Waals surface area contributed by atoms with E-state index in [0.717, 1.165) is 12.0 Å². The summed E-state index contributed by atoms with van der Waals surface area (Å²) in [5.41, 5.74) is 0.330. The molecule has 1 aromatic carbocycles. The molecular formula is C20H17F2N3O. The fourth-order valence-electron chi connectivity index (χ4n) is 5.18. The molecule has 0 amide bonds. The van der Waals surface area contributed by atoms with Gasteiger partial charge < -0.3 is 4.79 Å². The van der Waals surface area contributed by atoms with Gasteiger partial charge in [0, 0.05) is 5.41 Å². The zero-order valence-corrected chi connectivity index (χ0v) is 14.5. The van der Waals surface area contributed by atoms with Gasteiger partial charge in [0.2, 0.25) is 0 Å². The van der Waals surface area contributed by atoms with Gasteiger partial charge in [0.25, 0.3) is 0 Å². The minimum absolute atomic E-state index is 0.0670. The molecule has 3 atom stereocenters. The van der Waals surface area contributed by atoms with Crippen molar-refractivity contribution in [3.63, 3.8) is 0 Å². The Morgan fingerprint density at radius 1 is 1.31 bits per heavy atom. The van der Waals surface area contributed by atoms with Crippen LogP contribution in [0.1, 0.15) is 43.9 Å². The summed E-state index contributed by atoms with van der Waals surface area (Å²) in [6, 6.07) is 7.46. The van der Waals surface area contributed by atoms with E-state index in [0.29, 0.717) is 18.4 Å². The maximum atomic E-state index is 14.1. The average molecular weight is 353 g/mol. The molecule has 2 aromatic rings. The summed E-state index contributed by atoms with van der Waals surface area (Å²) in [5, 5.41) is 17.9. The summed E-state index contributed by atoms with van der Waals surface area (Å²) in [4.78, 5) is 11.6. The number of carbonyl (C=O) groups is 1. The van der Waals surface area contributed by atoms with Crippen LogP contribution in [0.3, 0.4) is 0 Å². The number of aromatic nitrogens is 2. The quantitative estimate of drug-likeness (QED) is 0.785. The molecule has 0 spiro atoms. The molecule has 2 aliphatic carbocycles. The lowest BCUT2D eigenvalue weighted by molar-refractivity contribution is -0.112. The van der Waals surface area contributed by atoms with Crippen molar-refractivity contribution in [2.45, 2.75) is 38.0 Å². The number of hydrogen-bond donors (Lipinski definition) is 0. The summed E-state index contributed by atoms with van der Waals surface area (Å²) in [5.74, 6) is -2.15. The van der Waals surface area contributed by atoms with Crippen LogP contribution in [0.15, 0.2) is 24.3 Å². The normalized spacial score (nSPS) is 26.2. The van der Waals surface area contributed by atoms with Crippen molar-refractivity contribution in [1.29, 1.82) is 5.26 Å². The van der Waals surface area contributed by atoms with Crippen LogP contribution in [0.5, 0.6) is 0 Å².